The number of benzene rings is 1. The Morgan fingerprint density at radius 1 is 1.33 bits per heavy atom. The summed E-state index contributed by atoms with van der Waals surface area (Å²) in [5.41, 5.74) is 0.994. The fraction of sp³-hybridized carbons (Fsp3) is 0.400. The van der Waals surface area contributed by atoms with E-state index >= 15 is 0 Å². The molecule has 7 heteroatoms. The molecular weight excluding hydrogens is 347 g/mol. The van der Waals surface area contributed by atoms with Crippen LogP contribution in [0.25, 0.3) is 0 Å². The number of hydrogen-bond acceptors (Lipinski definition) is 4. The zero-order chi connectivity index (χ0) is 18.6. The van der Waals surface area contributed by atoms with Gasteiger partial charge >= 0.3 is 0 Å². The Labute approximate surface area is 157 Å². The molecule has 2 bridgehead atoms. The Morgan fingerprint density at radius 2 is 2.26 bits per heavy atom. The molecule has 3 atom stereocenters. The van der Waals surface area contributed by atoms with Crippen LogP contribution >= 0.6 is 0 Å². The third-order valence-electron chi connectivity index (χ3n) is 4.93. The molecule has 4 rings (SSSR count). The first-order valence-electron chi connectivity index (χ1n) is 9.20. The fourth-order valence-corrected chi connectivity index (χ4v) is 3.57. The van der Waals surface area contributed by atoms with Crippen molar-refractivity contribution in [3.8, 4) is 11.6 Å². The molecule has 2 aliphatic rings. The summed E-state index contributed by atoms with van der Waals surface area (Å²) in [6.07, 6.45) is 5.77. The summed E-state index contributed by atoms with van der Waals surface area (Å²) in [5, 5.41) is 6.75. The molecule has 0 amide bonds. The molecule has 2 N–H and O–H groups in total. The van der Waals surface area contributed by atoms with E-state index < -0.39 is 0 Å². The molecule has 0 radical (unpaired) electrons. The van der Waals surface area contributed by atoms with E-state index in [9.17, 15) is 4.39 Å². The Hall–Kier alpha value is -2.67. The molecule has 2 aliphatic heterocycles. The number of hydrogen-bond donors (Lipinski definition) is 2. The fourth-order valence-electron chi connectivity index (χ4n) is 3.57. The Kier molecular flexibility index (Phi) is 5.20. The molecule has 6 nitrogen and oxygen atoms in total. The van der Waals surface area contributed by atoms with Gasteiger partial charge in [-0.05, 0) is 37.0 Å². The van der Waals surface area contributed by atoms with Gasteiger partial charge in [-0.2, -0.15) is 0 Å². The average Bonchev–Trinajstić information content (AvgIpc) is 3.29. The quantitative estimate of drug-likeness (QED) is 0.626. The largest absolute Gasteiger partial charge is 0.439 e. The lowest BCUT2D eigenvalue weighted by Gasteiger charge is -2.22. The van der Waals surface area contributed by atoms with Crippen molar-refractivity contribution < 1.29 is 13.9 Å². The highest BCUT2D eigenvalue weighted by molar-refractivity contribution is 5.80. The summed E-state index contributed by atoms with van der Waals surface area (Å²) in [6.45, 7) is 0.592. The van der Waals surface area contributed by atoms with E-state index in [0.29, 0.717) is 36.4 Å². The standard InChI is InChI=1S/C20H23FN4O2/c1-22-20(25-17-10-16-6-7-18(17)26-16)24-12-13-5-8-19(23-11-13)27-15-4-2-3-14(21)9-15/h2-5,8-9,11,16-18H,6-7,10,12H2,1H3,(H2,22,24,25). The molecule has 0 saturated carbocycles. The van der Waals surface area contributed by atoms with Crippen molar-refractivity contribution in [2.24, 2.45) is 4.99 Å². The minimum atomic E-state index is -0.340. The van der Waals surface area contributed by atoms with Crippen molar-refractivity contribution in [1.82, 2.24) is 15.6 Å². The summed E-state index contributed by atoms with van der Waals surface area (Å²) in [4.78, 5) is 8.57. The maximum atomic E-state index is 13.2. The molecule has 1 aromatic carbocycles. The Bertz CT molecular complexity index is 812. The van der Waals surface area contributed by atoms with Crippen LogP contribution in [-0.4, -0.2) is 36.2 Å². The lowest BCUT2D eigenvalue weighted by Crippen LogP contribution is -2.47. The number of rotatable bonds is 5. The lowest BCUT2D eigenvalue weighted by molar-refractivity contribution is 0.0992. The summed E-state index contributed by atoms with van der Waals surface area (Å²) in [5.74, 6) is 1.27. The monoisotopic (exact) mass is 370 g/mol. The van der Waals surface area contributed by atoms with Crippen molar-refractivity contribution in [3.05, 3.63) is 54.0 Å². The van der Waals surface area contributed by atoms with E-state index in [1.807, 2.05) is 6.07 Å². The van der Waals surface area contributed by atoms with Gasteiger partial charge in [0.15, 0.2) is 5.96 Å². The SMILES string of the molecule is CN=C(NCc1ccc(Oc2cccc(F)c2)nc1)NC1CC2CCC1O2. The maximum absolute atomic E-state index is 13.2. The highest BCUT2D eigenvalue weighted by Gasteiger charge is 2.41. The number of nitrogens with one attached hydrogen (secondary N) is 2. The number of pyridine rings is 1. The first-order chi connectivity index (χ1) is 13.2. The molecule has 2 aromatic rings. The summed E-state index contributed by atoms with van der Waals surface area (Å²) in [7, 11) is 1.76. The van der Waals surface area contributed by atoms with Crippen LogP contribution in [0.15, 0.2) is 47.6 Å². The van der Waals surface area contributed by atoms with Gasteiger partial charge < -0.3 is 20.1 Å². The van der Waals surface area contributed by atoms with Crippen LogP contribution in [0.1, 0.15) is 24.8 Å². The van der Waals surface area contributed by atoms with Crippen LogP contribution in [0.3, 0.4) is 0 Å². The van der Waals surface area contributed by atoms with E-state index in [0.717, 1.165) is 24.4 Å². The van der Waals surface area contributed by atoms with Crippen molar-refractivity contribution >= 4 is 5.96 Å². The minimum Gasteiger partial charge on any atom is -0.439 e. The summed E-state index contributed by atoms with van der Waals surface area (Å²) < 4.78 is 24.6. The number of halogens is 1. The normalized spacial score (nSPS) is 24.1. The first kappa shape index (κ1) is 17.7. The van der Waals surface area contributed by atoms with Crippen molar-refractivity contribution in [1.29, 1.82) is 0 Å². The van der Waals surface area contributed by atoms with Crippen molar-refractivity contribution in [3.63, 3.8) is 0 Å². The first-order valence-corrected chi connectivity index (χ1v) is 9.20. The number of aliphatic imine (C=N–C) groups is 1. The van der Waals surface area contributed by atoms with E-state index in [1.54, 1.807) is 31.4 Å². The second-order valence-corrected chi connectivity index (χ2v) is 6.85. The molecule has 0 spiro atoms. The number of nitrogens with zero attached hydrogens (tertiary/aromatic N) is 2. The predicted molar refractivity (Wildman–Crippen MR) is 100 cm³/mol. The zero-order valence-corrected chi connectivity index (χ0v) is 15.2. The van der Waals surface area contributed by atoms with Gasteiger partial charge in [0.1, 0.15) is 11.6 Å². The van der Waals surface area contributed by atoms with Gasteiger partial charge in [-0.1, -0.05) is 12.1 Å². The van der Waals surface area contributed by atoms with Crippen molar-refractivity contribution in [2.75, 3.05) is 7.05 Å². The molecule has 142 valence electrons. The topological polar surface area (TPSA) is 67.8 Å². The number of ether oxygens (including phenoxy) is 2. The summed E-state index contributed by atoms with van der Waals surface area (Å²) >= 11 is 0. The van der Waals surface area contributed by atoms with Gasteiger partial charge in [0, 0.05) is 31.9 Å². The molecule has 0 aliphatic carbocycles. The molecule has 27 heavy (non-hydrogen) atoms. The van der Waals surface area contributed by atoms with Gasteiger partial charge in [0.05, 0.1) is 18.2 Å². The number of fused-ring (bicyclic) bond motifs is 2. The third kappa shape index (κ3) is 4.36. The highest BCUT2D eigenvalue weighted by atomic mass is 19.1. The highest BCUT2D eigenvalue weighted by Crippen LogP contribution is 2.34. The van der Waals surface area contributed by atoms with Gasteiger partial charge in [0.25, 0.3) is 0 Å². The van der Waals surface area contributed by atoms with Crippen LogP contribution in [0.4, 0.5) is 4.39 Å². The predicted octanol–water partition coefficient (Wildman–Crippen LogP) is 3.00. The number of guanidine groups is 1. The second kappa shape index (κ2) is 7.92. The van der Waals surface area contributed by atoms with Crippen LogP contribution < -0.4 is 15.4 Å². The Morgan fingerprint density at radius 3 is 2.93 bits per heavy atom. The molecule has 3 heterocycles. The summed E-state index contributed by atoms with van der Waals surface area (Å²) in [6, 6.07) is 10.0. The van der Waals surface area contributed by atoms with Crippen LogP contribution in [0.5, 0.6) is 11.6 Å². The van der Waals surface area contributed by atoms with Gasteiger partial charge in [0.2, 0.25) is 5.88 Å². The molecule has 3 unspecified atom stereocenters. The maximum Gasteiger partial charge on any atom is 0.219 e. The lowest BCUT2D eigenvalue weighted by atomic mass is 9.96. The molecular formula is C20H23FN4O2. The van der Waals surface area contributed by atoms with E-state index in [2.05, 4.69) is 20.6 Å². The zero-order valence-electron chi connectivity index (χ0n) is 15.2. The second-order valence-electron chi connectivity index (χ2n) is 6.85. The van der Waals surface area contributed by atoms with E-state index in [-0.39, 0.29) is 5.82 Å². The van der Waals surface area contributed by atoms with Gasteiger partial charge in [-0.3, -0.25) is 4.99 Å². The van der Waals surface area contributed by atoms with Crippen molar-refractivity contribution in [2.45, 2.75) is 44.1 Å². The van der Waals surface area contributed by atoms with E-state index in [4.69, 9.17) is 9.47 Å². The van der Waals surface area contributed by atoms with Crippen LogP contribution in [-0.2, 0) is 11.3 Å². The molecule has 2 fully saturated rings. The average molecular weight is 370 g/mol. The molecule has 1 aromatic heterocycles. The van der Waals surface area contributed by atoms with Gasteiger partial charge in [-0.25, -0.2) is 9.37 Å². The smallest absolute Gasteiger partial charge is 0.219 e. The molecule has 2 saturated heterocycles. The minimum absolute atomic E-state index is 0.300. The third-order valence-corrected chi connectivity index (χ3v) is 4.93. The van der Waals surface area contributed by atoms with Gasteiger partial charge in [-0.15, -0.1) is 0 Å². The number of aromatic nitrogens is 1. The van der Waals surface area contributed by atoms with Crippen LogP contribution in [0.2, 0.25) is 0 Å². The Balaban J connectivity index is 1.29. The van der Waals surface area contributed by atoms with E-state index in [1.165, 1.54) is 18.6 Å². The van der Waals surface area contributed by atoms with Crippen LogP contribution in [0, 0.1) is 5.82 Å².